The fraction of sp³-hybridized carbons (Fsp3) is 0.917. The molecular formula is C12H26N2O2. The lowest BCUT2D eigenvalue weighted by atomic mass is 10.0. The molecule has 0 heterocycles. The second kappa shape index (κ2) is 8.53. The van der Waals surface area contributed by atoms with E-state index in [0.29, 0.717) is 18.4 Å². The van der Waals surface area contributed by atoms with Gasteiger partial charge in [0.25, 0.3) is 0 Å². The van der Waals surface area contributed by atoms with Gasteiger partial charge < -0.3 is 16.2 Å². The topological polar surface area (TPSA) is 75.4 Å². The van der Waals surface area contributed by atoms with Gasteiger partial charge in [-0.05, 0) is 31.1 Å². The fourth-order valence-corrected chi connectivity index (χ4v) is 1.50. The van der Waals surface area contributed by atoms with Crippen LogP contribution in [-0.4, -0.2) is 30.2 Å². The van der Waals surface area contributed by atoms with Gasteiger partial charge in [-0.3, -0.25) is 4.79 Å². The van der Waals surface area contributed by atoms with Crippen LogP contribution in [0, 0.1) is 11.8 Å². The molecule has 0 bridgehead atoms. The first-order valence-corrected chi connectivity index (χ1v) is 6.11. The molecule has 16 heavy (non-hydrogen) atoms. The highest BCUT2D eigenvalue weighted by atomic mass is 16.3. The number of nitrogens with two attached hydrogens (primary N) is 1. The summed E-state index contributed by atoms with van der Waals surface area (Å²) in [5.74, 6) is 0.682. The molecule has 4 nitrogen and oxygen atoms in total. The summed E-state index contributed by atoms with van der Waals surface area (Å²) in [5, 5.41) is 11.6. The molecular weight excluding hydrogens is 204 g/mol. The molecule has 2 atom stereocenters. The standard InChI is InChI=1S/C12H26N2O2/c1-9(2)7-11(13)12(16)14-6-4-5-10(3)8-15/h9-11,15H,4-8,13H2,1-3H3,(H,14,16). The maximum absolute atomic E-state index is 11.5. The highest BCUT2D eigenvalue weighted by Crippen LogP contribution is 2.04. The Bertz CT molecular complexity index is 195. The summed E-state index contributed by atoms with van der Waals surface area (Å²) in [6.45, 7) is 6.95. The zero-order chi connectivity index (χ0) is 12.6. The summed E-state index contributed by atoms with van der Waals surface area (Å²) >= 11 is 0. The number of amides is 1. The average molecular weight is 230 g/mol. The van der Waals surface area contributed by atoms with E-state index < -0.39 is 6.04 Å². The third-order valence-corrected chi connectivity index (χ3v) is 2.55. The van der Waals surface area contributed by atoms with Gasteiger partial charge >= 0.3 is 0 Å². The minimum atomic E-state index is -0.393. The van der Waals surface area contributed by atoms with E-state index in [9.17, 15) is 4.79 Å². The largest absolute Gasteiger partial charge is 0.396 e. The first-order valence-electron chi connectivity index (χ1n) is 6.11. The zero-order valence-electron chi connectivity index (χ0n) is 10.7. The van der Waals surface area contributed by atoms with Crippen molar-refractivity contribution >= 4 is 5.91 Å². The van der Waals surface area contributed by atoms with Crippen LogP contribution in [0.5, 0.6) is 0 Å². The average Bonchev–Trinajstić information content (AvgIpc) is 2.22. The smallest absolute Gasteiger partial charge is 0.236 e. The van der Waals surface area contributed by atoms with Gasteiger partial charge in [0.15, 0.2) is 0 Å². The molecule has 4 N–H and O–H groups in total. The van der Waals surface area contributed by atoms with E-state index in [4.69, 9.17) is 10.8 Å². The van der Waals surface area contributed by atoms with Crippen molar-refractivity contribution in [2.75, 3.05) is 13.2 Å². The van der Waals surface area contributed by atoms with Crippen molar-refractivity contribution in [3.8, 4) is 0 Å². The van der Waals surface area contributed by atoms with Crippen molar-refractivity contribution in [1.29, 1.82) is 0 Å². The molecule has 0 saturated carbocycles. The molecule has 96 valence electrons. The van der Waals surface area contributed by atoms with Crippen LogP contribution in [-0.2, 0) is 4.79 Å². The van der Waals surface area contributed by atoms with Gasteiger partial charge in [-0.25, -0.2) is 0 Å². The Balaban J connectivity index is 3.57. The van der Waals surface area contributed by atoms with E-state index in [1.807, 2.05) is 6.92 Å². The van der Waals surface area contributed by atoms with Crippen LogP contribution in [0.4, 0.5) is 0 Å². The Morgan fingerprint density at radius 2 is 2.00 bits per heavy atom. The van der Waals surface area contributed by atoms with E-state index in [1.165, 1.54) is 0 Å². The number of aliphatic hydroxyl groups excluding tert-OH is 1. The Kier molecular flexibility index (Phi) is 8.21. The molecule has 1 amide bonds. The van der Waals surface area contributed by atoms with Gasteiger partial charge in [0.05, 0.1) is 6.04 Å². The van der Waals surface area contributed by atoms with Crippen molar-refractivity contribution in [2.24, 2.45) is 17.6 Å². The summed E-state index contributed by atoms with van der Waals surface area (Å²) < 4.78 is 0. The van der Waals surface area contributed by atoms with Crippen LogP contribution in [0.3, 0.4) is 0 Å². The number of carbonyl (C=O) groups excluding carboxylic acids is 1. The van der Waals surface area contributed by atoms with E-state index in [0.717, 1.165) is 19.3 Å². The van der Waals surface area contributed by atoms with Crippen LogP contribution in [0.15, 0.2) is 0 Å². The Hall–Kier alpha value is -0.610. The van der Waals surface area contributed by atoms with Gasteiger partial charge in [0.1, 0.15) is 0 Å². The van der Waals surface area contributed by atoms with Crippen LogP contribution < -0.4 is 11.1 Å². The van der Waals surface area contributed by atoms with Crippen LogP contribution >= 0.6 is 0 Å². The maximum Gasteiger partial charge on any atom is 0.236 e. The summed E-state index contributed by atoms with van der Waals surface area (Å²) in [6.07, 6.45) is 2.54. The normalized spacial score (nSPS) is 14.9. The minimum Gasteiger partial charge on any atom is -0.396 e. The molecule has 0 spiro atoms. The summed E-state index contributed by atoms with van der Waals surface area (Å²) in [7, 11) is 0. The van der Waals surface area contributed by atoms with E-state index in [2.05, 4.69) is 19.2 Å². The summed E-state index contributed by atoms with van der Waals surface area (Å²) in [4.78, 5) is 11.5. The van der Waals surface area contributed by atoms with Crippen molar-refractivity contribution < 1.29 is 9.90 Å². The van der Waals surface area contributed by atoms with E-state index in [1.54, 1.807) is 0 Å². The Morgan fingerprint density at radius 3 is 2.50 bits per heavy atom. The first-order chi connectivity index (χ1) is 7.47. The quantitative estimate of drug-likeness (QED) is 0.542. The van der Waals surface area contributed by atoms with Crippen molar-refractivity contribution in [3.05, 3.63) is 0 Å². The molecule has 0 aromatic rings. The molecule has 0 aromatic heterocycles. The van der Waals surface area contributed by atoms with Crippen molar-refractivity contribution in [2.45, 2.75) is 46.1 Å². The van der Waals surface area contributed by atoms with Crippen molar-refractivity contribution in [3.63, 3.8) is 0 Å². The van der Waals surface area contributed by atoms with Crippen molar-refractivity contribution in [1.82, 2.24) is 5.32 Å². The number of hydrogen-bond acceptors (Lipinski definition) is 3. The van der Waals surface area contributed by atoms with Crippen LogP contribution in [0.1, 0.15) is 40.0 Å². The highest BCUT2D eigenvalue weighted by Gasteiger charge is 2.13. The first kappa shape index (κ1) is 15.4. The number of nitrogens with one attached hydrogen (secondary N) is 1. The highest BCUT2D eigenvalue weighted by molar-refractivity contribution is 5.81. The molecule has 0 aromatic carbocycles. The van der Waals surface area contributed by atoms with Gasteiger partial charge in [0.2, 0.25) is 5.91 Å². The third-order valence-electron chi connectivity index (χ3n) is 2.55. The zero-order valence-corrected chi connectivity index (χ0v) is 10.7. The second-order valence-electron chi connectivity index (χ2n) is 4.96. The molecule has 0 saturated heterocycles. The monoisotopic (exact) mass is 230 g/mol. The SMILES string of the molecule is CC(C)CC(N)C(=O)NCCCC(C)CO. The molecule has 0 fully saturated rings. The van der Waals surface area contributed by atoms with Crippen LogP contribution in [0.2, 0.25) is 0 Å². The molecule has 0 aliphatic heterocycles. The van der Waals surface area contributed by atoms with E-state index in [-0.39, 0.29) is 12.5 Å². The van der Waals surface area contributed by atoms with Gasteiger partial charge in [-0.1, -0.05) is 20.8 Å². The predicted molar refractivity (Wildman–Crippen MR) is 65.9 cm³/mol. The fourth-order valence-electron chi connectivity index (χ4n) is 1.50. The molecule has 4 heteroatoms. The molecule has 0 aliphatic carbocycles. The Morgan fingerprint density at radius 1 is 1.38 bits per heavy atom. The molecule has 0 rings (SSSR count). The second-order valence-corrected chi connectivity index (χ2v) is 4.96. The Labute approximate surface area is 98.6 Å². The third kappa shape index (κ3) is 7.65. The lowest BCUT2D eigenvalue weighted by Crippen LogP contribution is -2.41. The number of aliphatic hydroxyl groups is 1. The van der Waals surface area contributed by atoms with Gasteiger partial charge in [-0.2, -0.15) is 0 Å². The lowest BCUT2D eigenvalue weighted by molar-refractivity contribution is -0.122. The van der Waals surface area contributed by atoms with Gasteiger partial charge in [0, 0.05) is 13.2 Å². The number of carbonyl (C=O) groups is 1. The maximum atomic E-state index is 11.5. The summed E-state index contributed by atoms with van der Waals surface area (Å²) in [5.41, 5.74) is 5.73. The lowest BCUT2D eigenvalue weighted by Gasteiger charge is -2.14. The number of rotatable bonds is 8. The number of hydrogen-bond donors (Lipinski definition) is 3. The minimum absolute atomic E-state index is 0.0645. The predicted octanol–water partition coefficient (Wildman–Crippen LogP) is 0.885. The molecule has 0 aliphatic rings. The van der Waals surface area contributed by atoms with E-state index >= 15 is 0 Å². The molecule has 0 radical (unpaired) electrons. The van der Waals surface area contributed by atoms with Crippen LogP contribution in [0.25, 0.3) is 0 Å². The summed E-state index contributed by atoms with van der Waals surface area (Å²) in [6, 6.07) is -0.393. The van der Waals surface area contributed by atoms with Gasteiger partial charge in [-0.15, -0.1) is 0 Å². The molecule has 2 unspecified atom stereocenters.